The van der Waals surface area contributed by atoms with E-state index in [9.17, 15) is 9.90 Å². The van der Waals surface area contributed by atoms with Gasteiger partial charge in [-0.1, -0.05) is 48.0 Å². The van der Waals surface area contributed by atoms with Crippen molar-refractivity contribution in [2.24, 2.45) is 0 Å². The van der Waals surface area contributed by atoms with Gasteiger partial charge in [0.2, 0.25) is 5.60 Å². The van der Waals surface area contributed by atoms with Crippen molar-refractivity contribution in [1.29, 1.82) is 0 Å². The molecule has 0 bridgehead atoms. The summed E-state index contributed by atoms with van der Waals surface area (Å²) in [4.78, 5) is 17.1. The van der Waals surface area contributed by atoms with Gasteiger partial charge in [-0.05, 0) is 42.8 Å². The molecule has 0 unspecified atom stereocenters. The van der Waals surface area contributed by atoms with E-state index < -0.39 is 17.1 Å². The van der Waals surface area contributed by atoms with Gasteiger partial charge < -0.3 is 19.9 Å². The van der Waals surface area contributed by atoms with E-state index in [1.165, 1.54) is 19.4 Å². The Morgan fingerprint density at radius 2 is 1.63 bits per heavy atom. The maximum atomic E-state index is 13.1. The number of hydrogen-bond donors (Lipinski definition) is 2. The molecule has 0 aliphatic rings. The number of hydrogen-bond acceptors (Lipinski definition) is 6. The van der Waals surface area contributed by atoms with Crippen molar-refractivity contribution in [2.75, 3.05) is 19.5 Å². The first kappa shape index (κ1) is 21.6. The van der Waals surface area contributed by atoms with Crippen LogP contribution in [0.5, 0.6) is 5.75 Å². The van der Waals surface area contributed by atoms with Crippen LogP contribution in [0.15, 0.2) is 72.9 Å². The van der Waals surface area contributed by atoms with E-state index in [1.54, 1.807) is 44.4 Å². The Balaban J connectivity index is 2.25. The molecular weight excluding hydrogens is 404 g/mol. The van der Waals surface area contributed by atoms with Crippen molar-refractivity contribution < 1.29 is 19.4 Å². The number of pyridine rings is 1. The zero-order valence-electron chi connectivity index (χ0n) is 16.9. The lowest BCUT2D eigenvalue weighted by atomic mass is 9.71. The molecule has 3 rings (SSSR count). The van der Waals surface area contributed by atoms with E-state index in [0.29, 0.717) is 17.0 Å². The summed E-state index contributed by atoms with van der Waals surface area (Å²) in [6, 6.07) is 19.5. The molecule has 0 aliphatic heterocycles. The third-order valence-electron chi connectivity index (χ3n) is 5.19. The largest absolute Gasteiger partial charge is 0.497 e. The molecule has 0 fully saturated rings. The van der Waals surface area contributed by atoms with Gasteiger partial charge in [-0.3, -0.25) is 0 Å². The first-order chi connectivity index (χ1) is 14.3. The number of aliphatic hydroxyl groups is 1. The molecule has 1 aromatic heterocycles. The molecular formula is C23H23ClN2O4. The van der Waals surface area contributed by atoms with Crippen LogP contribution in [0.1, 0.15) is 18.1 Å². The van der Waals surface area contributed by atoms with Crippen molar-refractivity contribution in [2.45, 2.75) is 18.1 Å². The summed E-state index contributed by atoms with van der Waals surface area (Å²) in [5.41, 5.74) is -1.90. The lowest BCUT2D eigenvalue weighted by molar-refractivity contribution is -0.171. The molecule has 0 amide bonds. The van der Waals surface area contributed by atoms with Gasteiger partial charge in [0.15, 0.2) is 0 Å². The van der Waals surface area contributed by atoms with Gasteiger partial charge in [0.05, 0.1) is 14.2 Å². The smallest absolute Gasteiger partial charge is 0.345 e. The molecule has 2 aromatic carbocycles. The van der Waals surface area contributed by atoms with Crippen molar-refractivity contribution in [1.82, 2.24) is 4.98 Å². The number of aromatic nitrogens is 1. The normalized spacial score (nSPS) is 14.8. The third-order valence-corrected chi connectivity index (χ3v) is 5.41. The number of halogens is 1. The number of carbonyl (C=O) groups excluding carboxylic acids is 1. The molecule has 3 aromatic rings. The average molecular weight is 427 g/mol. The zero-order valence-corrected chi connectivity index (χ0v) is 17.7. The number of ether oxygens (including phenoxy) is 2. The molecule has 7 heteroatoms. The van der Waals surface area contributed by atoms with Crippen molar-refractivity contribution in [3.05, 3.63) is 89.2 Å². The maximum Gasteiger partial charge on any atom is 0.345 e. The first-order valence-corrected chi connectivity index (χ1v) is 9.63. The quantitative estimate of drug-likeness (QED) is 0.436. The van der Waals surface area contributed by atoms with Crippen LogP contribution in [0, 0.1) is 0 Å². The molecule has 0 saturated heterocycles. The molecule has 0 radical (unpaired) electrons. The molecule has 0 aliphatic carbocycles. The molecule has 0 saturated carbocycles. The fraction of sp³-hybridized carbons (Fsp3) is 0.217. The number of methoxy groups -OCH3 is 2. The number of para-hydroxylation sites is 1. The molecule has 156 valence electrons. The van der Waals surface area contributed by atoms with Crippen LogP contribution in [0.3, 0.4) is 0 Å². The van der Waals surface area contributed by atoms with Gasteiger partial charge in [0.1, 0.15) is 16.4 Å². The van der Waals surface area contributed by atoms with Gasteiger partial charge in [-0.15, -0.1) is 0 Å². The van der Waals surface area contributed by atoms with Crippen LogP contribution in [-0.4, -0.2) is 30.3 Å². The minimum Gasteiger partial charge on any atom is -0.497 e. The number of anilines is 1. The van der Waals surface area contributed by atoms with Gasteiger partial charge in [-0.2, -0.15) is 0 Å². The fourth-order valence-corrected chi connectivity index (χ4v) is 3.57. The van der Waals surface area contributed by atoms with Crippen LogP contribution in [0.4, 0.5) is 5.69 Å². The second-order valence-electron chi connectivity index (χ2n) is 6.92. The lowest BCUT2D eigenvalue weighted by Gasteiger charge is -2.44. The van der Waals surface area contributed by atoms with Crippen LogP contribution in [0.2, 0.25) is 5.15 Å². The van der Waals surface area contributed by atoms with E-state index in [2.05, 4.69) is 10.3 Å². The van der Waals surface area contributed by atoms with Crippen LogP contribution in [-0.2, 0) is 20.7 Å². The molecule has 2 N–H and O–H groups in total. The second-order valence-corrected chi connectivity index (χ2v) is 7.30. The number of nitrogens with zero attached hydrogens (tertiary/aromatic N) is 1. The lowest BCUT2D eigenvalue weighted by Crippen LogP contribution is -2.57. The van der Waals surface area contributed by atoms with E-state index in [0.717, 1.165) is 0 Å². The zero-order chi connectivity index (χ0) is 21.8. The predicted octanol–water partition coefficient (Wildman–Crippen LogP) is 4.13. The summed E-state index contributed by atoms with van der Waals surface area (Å²) in [5.74, 6) is -0.191. The fourth-order valence-electron chi connectivity index (χ4n) is 3.45. The number of rotatable bonds is 7. The third kappa shape index (κ3) is 3.84. The Morgan fingerprint density at radius 1 is 1.00 bits per heavy atom. The second kappa shape index (κ2) is 8.73. The number of esters is 1. The Bertz CT molecular complexity index is 996. The van der Waals surface area contributed by atoms with Crippen molar-refractivity contribution in [3.63, 3.8) is 0 Å². The molecule has 6 nitrogen and oxygen atoms in total. The monoisotopic (exact) mass is 426 g/mol. The summed E-state index contributed by atoms with van der Waals surface area (Å²) < 4.78 is 10.3. The van der Waals surface area contributed by atoms with E-state index in [1.807, 2.05) is 30.3 Å². The van der Waals surface area contributed by atoms with Gasteiger partial charge in [0, 0.05) is 17.4 Å². The van der Waals surface area contributed by atoms with E-state index >= 15 is 0 Å². The van der Waals surface area contributed by atoms with Gasteiger partial charge in [-0.25, -0.2) is 9.78 Å². The predicted molar refractivity (Wildman–Crippen MR) is 116 cm³/mol. The molecule has 30 heavy (non-hydrogen) atoms. The Hall–Kier alpha value is -3.09. The van der Waals surface area contributed by atoms with Crippen LogP contribution in [0.25, 0.3) is 0 Å². The summed E-state index contributed by atoms with van der Waals surface area (Å²) in [7, 11) is 2.80. The van der Waals surface area contributed by atoms with Gasteiger partial charge in [0.25, 0.3) is 0 Å². The Kier molecular flexibility index (Phi) is 6.29. The number of carbonyl (C=O) groups is 1. The average Bonchev–Trinajstić information content (AvgIpc) is 2.79. The minimum absolute atomic E-state index is 0.237. The standard InChI is InChI=1S/C23H23ClN2O4/c1-22(26-18-7-5-4-6-8-18,16-9-12-19(29-2)13-10-16)23(28,21(27)30-3)17-11-14-20(24)25-15-17/h4-15,26,28H,1-3H3/t22-,23+/m0/s1. The summed E-state index contributed by atoms with van der Waals surface area (Å²) in [6.07, 6.45) is 1.37. The Morgan fingerprint density at radius 3 is 2.17 bits per heavy atom. The van der Waals surface area contributed by atoms with E-state index in [4.69, 9.17) is 21.1 Å². The van der Waals surface area contributed by atoms with Crippen molar-refractivity contribution in [3.8, 4) is 5.75 Å². The Labute approximate surface area is 180 Å². The summed E-state index contributed by atoms with van der Waals surface area (Å²) >= 11 is 5.93. The van der Waals surface area contributed by atoms with E-state index in [-0.39, 0.29) is 10.7 Å². The first-order valence-electron chi connectivity index (χ1n) is 9.25. The highest BCUT2D eigenvalue weighted by Crippen LogP contribution is 2.44. The highest BCUT2D eigenvalue weighted by atomic mass is 35.5. The van der Waals surface area contributed by atoms with Crippen LogP contribution >= 0.6 is 11.6 Å². The molecule has 1 heterocycles. The number of benzene rings is 2. The molecule has 2 atom stereocenters. The maximum absolute atomic E-state index is 13.1. The molecule has 0 spiro atoms. The highest BCUT2D eigenvalue weighted by molar-refractivity contribution is 6.29. The topological polar surface area (TPSA) is 80.7 Å². The SMILES string of the molecule is COC(=O)[C@](O)(c1ccc(Cl)nc1)[C@@](C)(Nc1ccccc1)c1ccc(OC)cc1. The van der Waals surface area contributed by atoms with Crippen LogP contribution < -0.4 is 10.1 Å². The van der Waals surface area contributed by atoms with Gasteiger partial charge >= 0.3 is 5.97 Å². The number of nitrogens with one attached hydrogen (secondary N) is 1. The van der Waals surface area contributed by atoms with Crippen molar-refractivity contribution >= 4 is 23.3 Å². The summed E-state index contributed by atoms with van der Waals surface area (Å²) in [5, 5.41) is 15.5. The minimum atomic E-state index is -2.14. The summed E-state index contributed by atoms with van der Waals surface area (Å²) in [6.45, 7) is 1.73. The highest BCUT2D eigenvalue weighted by Gasteiger charge is 2.56.